The molecule has 2 aromatic carbocycles. The number of carbonyl (C=O) groups excluding carboxylic acids is 1. The maximum Gasteiger partial charge on any atom is 0.232 e. The summed E-state index contributed by atoms with van der Waals surface area (Å²) < 4.78 is 25.4. The number of nitrogens with one attached hydrogen (secondary N) is 1. The number of sulfonamides is 1. The van der Waals surface area contributed by atoms with Gasteiger partial charge in [0.05, 0.1) is 11.9 Å². The first-order chi connectivity index (χ1) is 12.2. The summed E-state index contributed by atoms with van der Waals surface area (Å²) in [4.78, 5) is 12.1. The number of halogens is 1. The molecule has 0 spiro atoms. The summed E-state index contributed by atoms with van der Waals surface area (Å²) in [5.41, 5.74) is 3.50. The lowest BCUT2D eigenvalue weighted by Gasteiger charge is -2.22. The third kappa shape index (κ3) is 5.75. The summed E-state index contributed by atoms with van der Waals surface area (Å²) in [5, 5.41) is 3.31. The number of hydrogen-bond acceptors (Lipinski definition) is 3. The summed E-state index contributed by atoms with van der Waals surface area (Å²) in [6.45, 7) is 4.20. The lowest BCUT2D eigenvalue weighted by Crippen LogP contribution is -2.31. The monoisotopic (exact) mass is 394 g/mol. The highest BCUT2D eigenvalue weighted by atomic mass is 35.5. The first-order valence-electron chi connectivity index (χ1n) is 8.27. The van der Waals surface area contributed by atoms with Crippen molar-refractivity contribution in [3.05, 3.63) is 58.6 Å². The molecule has 0 heterocycles. The van der Waals surface area contributed by atoms with Crippen LogP contribution in [0.4, 0.5) is 11.4 Å². The second-order valence-corrected chi connectivity index (χ2v) is 8.61. The van der Waals surface area contributed by atoms with Crippen LogP contribution in [0.5, 0.6) is 0 Å². The van der Waals surface area contributed by atoms with Crippen LogP contribution in [-0.2, 0) is 14.8 Å². The molecule has 1 amide bonds. The van der Waals surface area contributed by atoms with Gasteiger partial charge in [0.15, 0.2) is 0 Å². The van der Waals surface area contributed by atoms with E-state index >= 15 is 0 Å². The zero-order chi connectivity index (χ0) is 19.3. The molecule has 0 unspecified atom stereocenters. The number of benzene rings is 2. The summed E-state index contributed by atoms with van der Waals surface area (Å²) >= 11 is 5.95. The minimum atomic E-state index is -3.46. The van der Waals surface area contributed by atoms with Crippen LogP contribution < -0.4 is 9.62 Å². The molecule has 0 aliphatic carbocycles. The number of anilines is 2. The highest BCUT2D eigenvalue weighted by Gasteiger charge is 2.17. The van der Waals surface area contributed by atoms with Crippen LogP contribution in [0.1, 0.15) is 24.0 Å². The first kappa shape index (κ1) is 20.3. The largest absolute Gasteiger partial charge is 0.326 e. The van der Waals surface area contributed by atoms with E-state index < -0.39 is 10.0 Å². The fraction of sp³-hybridized carbons (Fsp3) is 0.316. The topological polar surface area (TPSA) is 66.5 Å². The fourth-order valence-electron chi connectivity index (χ4n) is 2.54. The Morgan fingerprint density at radius 3 is 2.46 bits per heavy atom. The number of amides is 1. The molecule has 0 saturated heterocycles. The van der Waals surface area contributed by atoms with E-state index in [1.54, 1.807) is 24.3 Å². The van der Waals surface area contributed by atoms with Crippen LogP contribution in [0, 0.1) is 13.8 Å². The Morgan fingerprint density at radius 2 is 1.85 bits per heavy atom. The molecule has 1 N–H and O–H groups in total. The molecule has 5 nitrogen and oxygen atoms in total. The second kappa shape index (κ2) is 8.56. The molecule has 0 aromatic heterocycles. The van der Waals surface area contributed by atoms with Crippen LogP contribution in [0.3, 0.4) is 0 Å². The van der Waals surface area contributed by atoms with Gasteiger partial charge in [-0.3, -0.25) is 9.10 Å². The van der Waals surface area contributed by atoms with Gasteiger partial charge in [-0.25, -0.2) is 8.42 Å². The van der Waals surface area contributed by atoms with Gasteiger partial charge in [0.1, 0.15) is 0 Å². The molecule has 0 fully saturated rings. The van der Waals surface area contributed by atoms with E-state index in [0.717, 1.165) is 23.1 Å². The molecular weight excluding hydrogens is 372 g/mol. The van der Waals surface area contributed by atoms with Crippen LogP contribution in [-0.4, -0.2) is 27.1 Å². The van der Waals surface area contributed by atoms with Crippen LogP contribution in [0.25, 0.3) is 0 Å². The molecule has 0 aliphatic heterocycles. The summed E-state index contributed by atoms with van der Waals surface area (Å²) in [6, 6.07) is 12.4. The van der Waals surface area contributed by atoms with Gasteiger partial charge in [-0.15, -0.1) is 0 Å². The van der Waals surface area contributed by atoms with Gasteiger partial charge in [-0.05, 0) is 61.7 Å². The van der Waals surface area contributed by atoms with Gasteiger partial charge in [0.25, 0.3) is 0 Å². The summed E-state index contributed by atoms with van der Waals surface area (Å²) in [6.07, 6.45) is 1.76. The number of carbonyl (C=O) groups is 1. The van der Waals surface area contributed by atoms with Gasteiger partial charge < -0.3 is 5.32 Å². The normalized spacial score (nSPS) is 11.2. The van der Waals surface area contributed by atoms with Gasteiger partial charge in [-0.1, -0.05) is 23.7 Å². The number of nitrogens with zero attached hydrogens (tertiary/aromatic N) is 1. The number of aryl methyl sites for hydroxylation is 2. The third-order valence-electron chi connectivity index (χ3n) is 4.05. The van der Waals surface area contributed by atoms with Crippen LogP contribution in [0.15, 0.2) is 42.5 Å². The van der Waals surface area contributed by atoms with E-state index in [4.69, 9.17) is 11.6 Å². The molecule has 26 heavy (non-hydrogen) atoms. The zero-order valence-corrected chi connectivity index (χ0v) is 16.7. The fourth-order valence-corrected chi connectivity index (χ4v) is 3.69. The molecule has 140 valence electrons. The van der Waals surface area contributed by atoms with Gasteiger partial charge in [0, 0.05) is 23.7 Å². The maximum atomic E-state index is 12.1. The smallest absolute Gasteiger partial charge is 0.232 e. The van der Waals surface area contributed by atoms with Crippen molar-refractivity contribution >= 4 is 38.9 Å². The zero-order valence-electron chi connectivity index (χ0n) is 15.1. The average Bonchev–Trinajstić information content (AvgIpc) is 2.54. The number of rotatable bonds is 7. The Hall–Kier alpha value is -2.05. The standard InChI is InChI=1S/C19H23ClN2O3S/c1-14-9-10-17(12-15(14)2)21-19(23)8-5-11-22(26(3,24)25)18-7-4-6-16(20)13-18/h4,6-7,9-10,12-13H,5,8,11H2,1-3H3,(H,21,23). The van der Waals surface area contributed by atoms with E-state index in [9.17, 15) is 13.2 Å². The quantitative estimate of drug-likeness (QED) is 0.767. The highest BCUT2D eigenvalue weighted by molar-refractivity contribution is 7.92. The van der Waals surface area contributed by atoms with Crippen LogP contribution >= 0.6 is 11.6 Å². The second-order valence-electron chi connectivity index (χ2n) is 6.27. The van der Waals surface area contributed by atoms with Crippen molar-refractivity contribution in [2.45, 2.75) is 26.7 Å². The molecule has 0 radical (unpaired) electrons. The van der Waals surface area contributed by atoms with Crippen molar-refractivity contribution in [1.29, 1.82) is 0 Å². The highest BCUT2D eigenvalue weighted by Crippen LogP contribution is 2.22. The minimum absolute atomic E-state index is 0.146. The molecule has 0 saturated carbocycles. The van der Waals surface area contributed by atoms with E-state index in [0.29, 0.717) is 17.1 Å². The number of hydrogen-bond donors (Lipinski definition) is 1. The Labute approximate surface area is 160 Å². The minimum Gasteiger partial charge on any atom is -0.326 e. The average molecular weight is 395 g/mol. The molecule has 2 aromatic rings. The van der Waals surface area contributed by atoms with Gasteiger partial charge in [-0.2, -0.15) is 0 Å². The lowest BCUT2D eigenvalue weighted by molar-refractivity contribution is -0.116. The molecule has 0 aliphatic rings. The van der Waals surface area contributed by atoms with E-state index in [1.807, 2.05) is 32.0 Å². The Balaban J connectivity index is 1.96. The van der Waals surface area contributed by atoms with Crippen molar-refractivity contribution in [1.82, 2.24) is 0 Å². The predicted octanol–water partition coefficient (Wildman–Crippen LogP) is 4.14. The van der Waals surface area contributed by atoms with Crippen molar-refractivity contribution in [3.63, 3.8) is 0 Å². The van der Waals surface area contributed by atoms with Crippen molar-refractivity contribution in [2.75, 3.05) is 22.4 Å². The lowest BCUT2D eigenvalue weighted by atomic mass is 10.1. The third-order valence-corrected chi connectivity index (χ3v) is 5.48. The first-order valence-corrected chi connectivity index (χ1v) is 10.5. The van der Waals surface area contributed by atoms with Gasteiger partial charge >= 0.3 is 0 Å². The molecule has 2 rings (SSSR count). The molecule has 7 heteroatoms. The predicted molar refractivity (Wildman–Crippen MR) is 107 cm³/mol. The van der Waals surface area contributed by atoms with Crippen LogP contribution in [0.2, 0.25) is 5.02 Å². The van der Waals surface area contributed by atoms with Crippen molar-refractivity contribution in [3.8, 4) is 0 Å². The van der Waals surface area contributed by atoms with E-state index in [1.165, 1.54) is 4.31 Å². The SMILES string of the molecule is Cc1ccc(NC(=O)CCCN(c2cccc(Cl)c2)S(C)(=O)=O)cc1C. The molecular formula is C19H23ClN2O3S. The van der Waals surface area contributed by atoms with Gasteiger partial charge in [0.2, 0.25) is 15.9 Å². The van der Waals surface area contributed by atoms with Crippen molar-refractivity contribution in [2.24, 2.45) is 0 Å². The maximum absolute atomic E-state index is 12.1. The summed E-state index contributed by atoms with van der Waals surface area (Å²) in [5.74, 6) is -0.146. The Morgan fingerprint density at radius 1 is 1.12 bits per heavy atom. The summed E-state index contributed by atoms with van der Waals surface area (Å²) in [7, 11) is -3.46. The van der Waals surface area contributed by atoms with Crippen molar-refractivity contribution < 1.29 is 13.2 Å². The molecule has 0 bridgehead atoms. The Bertz CT molecular complexity index is 897. The Kier molecular flexibility index (Phi) is 6.67. The van der Waals surface area contributed by atoms with E-state index in [-0.39, 0.29) is 18.9 Å². The van der Waals surface area contributed by atoms with E-state index in [2.05, 4.69) is 5.32 Å². The molecule has 0 atom stereocenters.